The van der Waals surface area contributed by atoms with E-state index < -0.39 is 0 Å². The summed E-state index contributed by atoms with van der Waals surface area (Å²) in [6.45, 7) is 1.99. The maximum Gasteiger partial charge on any atom is 0.325 e. The molecule has 17 heavy (non-hydrogen) atoms. The van der Waals surface area contributed by atoms with Crippen molar-refractivity contribution in [3.05, 3.63) is 11.9 Å². The number of rotatable bonds is 4. The van der Waals surface area contributed by atoms with Crippen molar-refractivity contribution in [3.8, 4) is 0 Å². The highest BCUT2D eigenvalue weighted by atomic mass is 16.5. The number of hydrogen-bond acceptors (Lipinski definition) is 6. The first kappa shape index (κ1) is 13.2. The van der Waals surface area contributed by atoms with Crippen LogP contribution in [0.25, 0.3) is 0 Å². The monoisotopic (exact) mass is 238 g/mol. The summed E-state index contributed by atoms with van der Waals surface area (Å²) in [5.74, 6) is 1.88. The number of aryl methyl sites for hydroxylation is 1. The second-order valence-corrected chi connectivity index (χ2v) is 3.96. The van der Waals surface area contributed by atoms with E-state index >= 15 is 0 Å². The van der Waals surface area contributed by atoms with Crippen molar-refractivity contribution < 1.29 is 9.53 Å². The Morgan fingerprint density at radius 1 is 1.29 bits per heavy atom. The minimum atomic E-state index is -0.296. The summed E-state index contributed by atoms with van der Waals surface area (Å²) in [7, 11) is 6.97. The van der Waals surface area contributed by atoms with E-state index in [1.807, 2.05) is 32.0 Å². The van der Waals surface area contributed by atoms with Crippen LogP contribution in [0.1, 0.15) is 5.82 Å². The molecule has 0 bridgehead atoms. The third kappa shape index (κ3) is 3.58. The summed E-state index contributed by atoms with van der Waals surface area (Å²) in [6, 6.07) is 1.83. The van der Waals surface area contributed by atoms with Gasteiger partial charge < -0.3 is 14.5 Å². The van der Waals surface area contributed by atoms with E-state index in [1.165, 1.54) is 7.11 Å². The molecule has 1 aromatic heterocycles. The van der Waals surface area contributed by atoms with Gasteiger partial charge in [0.2, 0.25) is 0 Å². The van der Waals surface area contributed by atoms with Gasteiger partial charge >= 0.3 is 5.97 Å². The van der Waals surface area contributed by atoms with Gasteiger partial charge in [-0.25, -0.2) is 9.97 Å². The molecule has 6 heteroatoms. The van der Waals surface area contributed by atoms with E-state index in [2.05, 4.69) is 14.7 Å². The second kappa shape index (κ2) is 5.47. The lowest BCUT2D eigenvalue weighted by Gasteiger charge is -2.19. The fraction of sp³-hybridized carbons (Fsp3) is 0.545. The molecule has 1 rings (SSSR count). The van der Waals surface area contributed by atoms with E-state index in [4.69, 9.17) is 0 Å². The lowest BCUT2D eigenvalue weighted by Crippen LogP contribution is -2.27. The first-order chi connectivity index (χ1) is 7.93. The molecule has 6 nitrogen and oxygen atoms in total. The van der Waals surface area contributed by atoms with E-state index in [0.717, 1.165) is 5.82 Å². The van der Waals surface area contributed by atoms with Gasteiger partial charge in [0.1, 0.15) is 24.0 Å². The number of aromatic nitrogens is 2. The van der Waals surface area contributed by atoms with Crippen molar-refractivity contribution in [2.24, 2.45) is 0 Å². The smallest absolute Gasteiger partial charge is 0.325 e. The molecule has 0 saturated carbocycles. The van der Waals surface area contributed by atoms with E-state index in [9.17, 15) is 4.79 Å². The van der Waals surface area contributed by atoms with Gasteiger partial charge in [0.15, 0.2) is 0 Å². The first-order valence-corrected chi connectivity index (χ1v) is 5.25. The number of ether oxygens (including phenoxy) is 1. The number of methoxy groups -OCH3 is 1. The van der Waals surface area contributed by atoms with Crippen molar-refractivity contribution in [1.29, 1.82) is 0 Å². The number of likely N-dealkylation sites (N-methyl/N-ethyl adjacent to an activating group) is 1. The number of esters is 1. The maximum atomic E-state index is 11.2. The van der Waals surface area contributed by atoms with Crippen LogP contribution in [0, 0.1) is 6.92 Å². The van der Waals surface area contributed by atoms with Gasteiger partial charge in [0, 0.05) is 27.2 Å². The van der Waals surface area contributed by atoms with Crippen LogP contribution in [-0.2, 0) is 9.53 Å². The average molecular weight is 238 g/mol. The van der Waals surface area contributed by atoms with Crippen molar-refractivity contribution in [3.63, 3.8) is 0 Å². The number of carbonyl (C=O) groups is 1. The highest BCUT2D eigenvalue weighted by Crippen LogP contribution is 2.16. The van der Waals surface area contributed by atoms with Gasteiger partial charge in [-0.15, -0.1) is 0 Å². The number of nitrogens with zero attached hydrogens (tertiary/aromatic N) is 4. The van der Waals surface area contributed by atoms with Gasteiger partial charge in [0.25, 0.3) is 0 Å². The van der Waals surface area contributed by atoms with Crippen LogP contribution in [0.4, 0.5) is 11.6 Å². The van der Waals surface area contributed by atoms with Crippen LogP contribution < -0.4 is 9.80 Å². The normalized spacial score (nSPS) is 9.94. The lowest BCUT2D eigenvalue weighted by atomic mass is 10.4. The zero-order valence-electron chi connectivity index (χ0n) is 10.9. The number of hydrogen-bond donors (Lipinski definition) is 0. The molecular formula is C11H18N4O2. The Hall–Kier alpha value is -1.85. The number of anilines is 2. The summed E-state index contributed by atoms with van der Waals surface area (Å²) in [5.41, 5.74) is 0. The van der Waals surface area contributed by atoms with Crippen molar-refractivity contribution >= 4 is 17.6 Å². The van der Waals surface area contributed by atoms with Crippen molar-refractivity contribution in [2.45, 2.75) is 6.92 Å². The molecule has 0 amide bonds. The van der Waals surface area contributed by atoms with E-state index in [-0.39, 0.29) is 12.5 Å². The third-order valence-corrected chi connectivity index (χ3v) is 2.25. The van der Waals surface area contributed by atoms with Crippen LogP contribution in [0.15, 0.2) is 6.07 Å². The Bertz CT molecular complexity index is 406. The highest BCUT2D eigenvalue weighted by molar-refractivity contribution is 5.75. The Morgan fingerprint density at radius 2 is 1.88 bits per heavy atom. The first-order valence-electron chi connectivity index (χ1n) is 5.25. The zero-order valence-corrected chi connectivity index (χ0v) is 10.9. The fourth-order valence-corrected chi connectivity index (χ4v) is 1.30. The predicted molar refractivity (Wildman–Crippen MR) is 66.4 cm³/mol. The largest absolute Gasteiger partial charge is 0.468 e. The van der Waals surface area contributed by atoms with Crippen LogP contribution in [0.3, 0.4) is 0 Å². The van der Waals surface area contributed by atoms with Crippen molar-refractivity contribution in [2.75, 3.05) is 44.6 Å². The molecule has 1 aromatic rings. The summed E-state index contributed by atoms with van der Waals surface area (Å²) in [6.07, 6.45) is 0. The zero-order chi connectivity index (χ0) is 13.0. The van der Waals surface area contributed by atoms with Crippen LogP contribution in [0.5, 0.6) is 0 Å². The number of carbonyl (C=O) groups excluding carboxylic acids is 1. The van der Waals surface area contributed by atoms with Crippen LogP contribution in [0.2, 0.25) is 0 Å². The average Bonchev–Trinajstić information content (AvgIpc) is 2.27. The maximum absolute atomic E-state index is 11.2. The summed E-state index contributed by atoms with van der Waals surface area (Å²) in [4.78, 5) is 23.4. The molecule has 0 spiro atoms. The van der Waals surface area contributed by atoms with Gasteiger partial charge in [-0.1, -0.05) is 0 Å². The van der Waals surface area contributed by atoms with E-state index in [1.54, 1.807) is 11.9 Å². The Morgan fingerprint density at radius 3 is 2.41 bits per heavy atom. The van der Waals surface area contributed by atoms with Crippen molar-refractivity contribution in [1.82, 2.24) is 9.97 Å². The van der Waals surface area contributed by atoms with Crippen LogP contribution in [-0.4, -0.2) is 50.7 Å². The van der Waals surface area contributed by atoms with Gasteiger partial charge in [-0.2, -0.15) is 0 Å². The molecule has 0 fully saturated rings. The van der Waals surface area contributed by atoms with Gasteiger partial charge in [-0.05, 0) is 6.92 Å². The lowest BCUT2D eigenvalue weighted by molar-refractivity contribution is -0.138. The topological polar surface area (TPSA) is 58.6 Å². The highest BCUT2D eigenvalue weighted by Gasteiger charge is 2.11. The molecule has 0 saturated heterocycles. The molecular weight excluding hydrogens is 220 g/mol. The van der Waals surface area contributed by atoms with Gasteiger partial charge in [0.05, 0.1) is 7.11 Å². The minimum absolute atomic E-state index is 0.166. The minimum Gasteiger partial charge on any atom is -0.468 e. The molecule has 0 aliphatic heterocycles. The molecule has 94 valence electrons. The molecule has 1 heterocycles. The third-order valence-electron chi connectivity index (χ3n) is 2.25. The Kier molecular flexibility index (Phi) is 4.25. The SMILES string of the molecule is COC(=O)CN(C)c1cc(N(C)C)nc(C)n1. The van der Waals surface area contributed by atoms with E-state index in [0.29, 0.717) is 11.6 Å². The molecule has 0 atom stereocenters. The molecule has 0 radical (unpaired) electrons. The molecule has 0 N–H and O–H groups in total. The summed E-state index contributed by atoms with van der Waals surface area (Å²) >= 11 is 0. The fourth-order valence-electron chi connectivity index (χ4n) is 1.30. The van der Waals surface area contributed by atoms with Gasteiger partial charge in [-0.3, -0.25) is 4.79 Å². The predicted octanol–water partition coefficient (Wildman–Crippen LogP) is 0.460. The quantitative estimate of drug-likeness (QED) is 0.710. The summed E-state index contributed by atoms with van der Waals surface area (Å²) < 4.78 is 4.62. The summed E-state index contributed by atoms with van der Waals surface area (Å²) in [5, 5.41) is 0. The molecule has 0 aliphatic rings. The Labute approximate surface area is 101 Å². The molecule has 0 aliphatic carbocycles. The molecule has 0 aromatic carbocycles. The standard InChI is InChI=1S/C11H18N4O2/c1-8-12-9(14(2)3)6-10(13-8)15(4)7-11(16)17-5/h6H,7H2,1-5H3. The Balaban J connectivity index is 2.93. The molecule has 0 unspecified atom stereocenters. The second-order valence-electron chi connectivity index (χ2n) is 3.96. The van der Waals surface area contributed by atoms with Crippen LogP contribution >= 0.6 is 0 Å².